The molecular formula is C60H80NiO6P2. The second-order valence-electron chi connectivity index (χ2n) is 24.2. The summed E-state index contributed by atoms with van der Waals surface area (Å²) in [7, 11) is 0. The molecule has 6 nitrogen and oxygen atoms in total. The fourth-order valence-electron chi connectivity index (χ4n) is 7.28. The maximum absolute atomic E-state index is 7.39. The first kappa shape index (κ1) is 53.8. The van der Waals surface area contributed by atoms with Crippen molar-refractivity contribution in [2.24, 2.45) is 0 Å². The molecule has 0 aliphatic carbocycles. The molecule has 0 amide bonds. The van der Waals surface area contributed by atoms with Gasteiger partial charge in [0.15, 0.2) is 0 Å². The summed E-state index contributed by atoms with van der Waals surface area (Å²) < 4.78 is 44.4. The number of benzene rings is 6. The summed E-state index contributed by atoms with van der Waals surface area (Å²) in [6.45, 7) is 31.1. The zero-order valence-corrected chi connectivity index (χ0v) is 47.6. The third-order valence-electron chi connectivity index (χ3n) is 11.9. The van der Waals surface area contributed by atoms with Gasteiger partial charge in [0.25, 0.3) is 0 Å². The molecule has 0 bridgehead atoms. The third kappa shape index (κ3) is 14.8. The Kier molecular flexibility index (Phi) is 15.8. The number of rotatable bonds is 14. The van der Waals surface area contributed by atoms with Crippen LogP contribution in [-0.4, -0.2) is 0 Å². The van der Waals surface area contributed by atoms with Crippen LogP contribution in [0.15, 0.2) is 146 Å². The third-order valence-corrected chi connectivity index (χ3v) is 23.5. The monoisotopic (exact) mass is 1020 g/mol. The van der Waals surface area contributed by atoms with Gasteiger partial charge in [-0.15, -0.1) is 0 Å². The summed E-state index contributed by atoms with van der Waals surface area (Å²) in [6.07, 6.45) is 0. The van der Waals surface area contributed by atoms with Crippen molar-refractivity contribution in [2.45, 2.75) is 157 Å². The van der Waals surface area contributed by atoms with Crippen LogP contribution in [0.1, 0.15) is 158 Å². The van der Waals surface area contributed by atoms with E-state index < -0.39 is 13.4 Å². The first-order valence-electron chi connectivity index (χ1n) is 24.2. The molecule has 0 unspecified atom stereocenters. The minimum absolute atomic E-state index is 0.0785. The normalized spacial score (nSPS) is 13.7. The van der Waals surface area contributed by atoms with Crippen LogP contribution in [0.4, 0.5) is 0 Å². The molecule has 6 aromatic carbocycles. The summed E-state index contributed by atoms with van der Waals surface area (Å²) >= 11 is 0.941. The van der Waals surface area contributed by atoms with Gasteiger partial charge in [-0.25, -0.2) is 0 Å². The summed E-state index contributed by atoms with van der Waals surface area (Å²) in [5, 5.41) is 0. The van der Waals surface area contributed by atoms with E-state index in [1.807, 2.05) is 72.8 Å². The van der Waals surface area contributed by atoms with Gasteiger partial charge in [-0.05, 0) is 0 Å². The fourth-order valence-corrected chi connectivity index (χ4v) is 19.8. The van der Waals surface area contributed by atoms with Crippen molar-refractivity contribution in [1.82, 2.24) is 0 Å². The molecule has 0 saturated heterocycles. The Hall–Kier alpha value is -4.53. The maximum atomic E-state index is 7.39. The van der Waals surface area contributed by atoms with E-state index in [4.69, 9.17) is 27.1 Å². The van der Waals surface area contributed by atoms with Gasteiger partial charge in [-0.1, -0.05) is 0 Å². The molecule has 9 heteroatoms. The zero-order chi connectivity index (χ0) is 50.8. The minimum atomic E-state index is -4.30. The molecule has 0 radical (unpaired) electrons. The molecule has 0 N–H and O–H groups in total. The molecule has 6 aromatic rings. The Bertz CT molecular complexity index is 2110. The summed E-state index contributed by atoms with van der Waals surface area (Å²) in [5.74, 6) is 3.46. The van der Waals surface area contributed by atoms with Gasteiger partial charge in [-0.2, -0.15) is 0 Å². The van der Waals surface area contributed by atoms with Crippen molar-refractivity contribution in [1.29, 1.82) is 0 Å². The molecule has 0 heterocycles. The summed E-state index contributed by atoms with van der Waals surface area (Å²) in [6, 6.07) is 49.3. The Morgan fingerprint density at radius 1 is 0.217 bits per heavy atom. The zero-order valence-electron chi connectivity index (χ0n) is 44.6. The summed E-state index contributed by atoms with van der Waals surface area (Å²) in [5.41, 5.74) is 6.55. The number of hydrogen-bond donors (Lipinski definition) is 0. The van der Waals surface area contributed by atoms with Crippen LogP contribution in [0.5, 0.6) is 34.5 Å². The van der Waals surface area contributed by atoms with Crippen molar-refractivity contribution in [3.05, 3.63) is 179 Å². The second-order valence-corrected chi connectivity index (χ2v) is 33.7. The molecule has 0 aliphatic heterocycles. The Labute approximate surface area is 422 Å². The van der Waals surface area contributed by atoms with E-state index in [1.165, 1.54) is 33.4 Å². The van der Waals surface area contributed by atoms with E-state index in [0.717, 1.165) is 13.6 Å². The molecule has 0 atom stereocenters. The molecule has 0 spiro atoms. The summed E-state index contributed by atoms with van der Waals surface area (Å²) in [4.78, 5) is 0. The Morgan fingerprint density at radius 2 is 0.333 bits per heavy atom. The predicted molar refractivity (Wildman–Crippen MR) is 291 cm³/mol. The van der Waals surface area contributed by atoms with Gasteiger partial charge < -0.3 is 0 Å². The van der Waals surface area contributed by atoms with Gasteiger partial charge in [0.1, 0.15) is 0 Å². The molecule has 6 rings (SSSR count). The van der Waals surface area contributed by atoms with E-state index in [1.54, 1.807) is 0 Å². The van der Waals surface area contributed by atoms with Crippen LogP contribution in [0, 0.1) is 0 Å². The van der Waals surface area contributed by atoms with Crippen molar-refractivity contribution in [2.75, 3.05) is 0 Å². The quantitative estimate of drug-likeness (QED) is 0.0800. The SMILES string of the molecule is CC(C)(C)c1ccc(O[PH](Oc2ccc(C(C)(C)C)cc2)(Oc2ccc(C(C)(C)C)cc2)[Ni][PH](Oc2ccc(C(C)(C)C)cc2)(Oc2ccc(C(C)(C)C)cc2)Oc2ccc(C(C)(C)C)cc2)cc1. The Balaban J connectivity index is 1.64. The van der Waals surface area contributed by atoms with Gasteiger partial charge in [0, 0.05) is 0 Å². The van der Waals surface area contributed by atoms with E-state index in [9.17, 15) is 0 Å². The van der Waals surface area contributed by atoms with Crippen LogP contribution >= 0.6 is 13.4 Å². The van der Waals surface area contributed by atoms with Crippen LogP contribution in [0.25, 0.3) is 0 Å². The van der Waals surface area contributed by atoms with Crippen LogP contribution < -0.4 is 27.1 Å². The van der Waals surface area contributed by atoms with Crippen LogP contribution in [-0.2, 0) is 46.1 Å². The predicted octanol–water partition coefficient (Wildman–Crippen LogP) is 18.1. The number of hydrogen-bond acceptors (Lipinski definition) is 6. The molecule has 376 valence electrons. The molecule has 0 fully saturated rings. The van der Waals surface area contributed by atoms with Crippen LogP contribution in [0.3, 0.4) is 0 Å². The van der Waals surface area contributed by atoms with Crippen molar-refractivity contribution < 1.29 is 40.7 Å². The fraction of sp³-hybridized carbons (Fsp3) is 0.400. The molecule has 0 saturated carbocycles. The average Bonchev–Trinajstić information content (AvgIpc) is 3.23. The van der Waals surface area contributed by atoms with Gasteiger partial charge in [0.05, 0.1) is 0 Å². The average molecular weight is 1020 g/mol. The van der Waals surface area contributed by atoms with E-state index in [0.29, 0.717) is 34.5 Å². The standard InChI is InChI=1S/2C30H40O3P.Ni/c2*1-28(2,3)22-10-16-25(17-11-22)31-34(32-26-18-12-23(13-19-26)29(4,5)6)33-27-20-14-24(15-21-27)30(7,8)9;/h2*10-21,34H,1-9H3;/q2*+1;-2. The molecule has 69 heavy (non-hydrogen) atoms. The second kappa shape index (κ2) is 20.3. The van der Waals surface area contributed by atoms with Gasteiger partial charge in [-0.3, -0.25) is 0 Å². The van der Waals surface area contributed by atoms with E-state index >= 15 is 0 Å². The van der Waals surface area contributed by atoms with Gasteiger partial charge in [0.2, 0.25) is 0 Å². The van der Waals surface area contributed by atoms with Crippen LogP contribution in [0.2, 0.25) is 0 Å². The van der Waals surface area contributed by atoms with E-state index in [2.05, 4.69) is 197 Å². The van der Waals surface area contributed by atoms with Crippen molar-refractivity contribution >= 4 is 13.4 Å². The topological polar surface area (TPSA) is 55.4 Å². The molecular weight excluding hydrogens is 937 g/mol. The van der Waals surface area contributed by atoms with Crippen molar-refractivity contribution in [3.63, 3.8) is 0 Å². The van der Waals surface area contributed by atoms with E-state index in [-0.39, 0.29) is 32.5 Å². The molecule has 0 aliphatic rings. The van der Waals surface area contributed by atoms with Gasteiger partial charge >= 0.3 is 425 Å². The first-order valence-corrected chi connectivity index (χ1v) is 30.2. The Morgan fingerprint density at radius 3 is 0.435 bits per heavy atom. The first-order chi connectivity index (χ1) is 31.8. The molecule has 0 aromatic heterocycles. The van der Waals surface area contributed by atoms with Crippen molar-refractivity contribution in [3.8, 4) is 34.5 Å².